The van der Waals surface area contributed by atoms with Gasteiger partial charge in [0, 0.05) is 13.0 Å². The Labute approximate surface area is 115 Å². The molecule has 0 atom stereocenters. The van der Waals surface area contributed by atoms with Gasteiger partial charge in [-0.1, -0.05) is 19.1 Å². The molecule has 0 radical (unpaired) electrons. The van der Waals surface area contributed by atoms with Crippen LogP contribution in [0.2, 0.25) is 0 Å². The van der Waals surface area contributed by atoms with Crippen LogP contribution in [0.3, 0.4) is 0 Å². The summed E-state index contributed by atoms with van der Waals surface area (Å²) in [5.74, 6) is 1.71. The molecule has 1 aromatic heterocycles. The summed E-state index contributed by atoms with van der Waals surface area (Å²) in [5, 5.41) is 3.39. The van der Waals surface area contributed by atoms with Crippen molar-refractivity contribution >= 4 is 0 Å². The summed E-state index contributed by atoms with van der Waals surface area (Å²) in [6, 6.07) is 4.50. The molecule has 3 nitrogen and oxygen atoms in total. The highest BCUT2D eigenvalue weighted by Gasteiger charge is 2.04. The monoisotopic (exact) mass is 258 g/mol. The highest BCUT2D eigenvalue weighted by molar-refractivity contribution is 5.36. The fourth-order valence-corrected chi connectivity index (χ4v) is 2.11. The maximum absolute atomic E-state index is 5.57. The molecule has 0 saturated heterocycles. The number of hydrogen-bond acceptors (Lipinski definition) is 3. The second-order valence-corrected chi connectivity index (χ2v) is 5.04. The van der Waals surface area contributed by atoms with Crippen LogP contribution in [0, 0.1) is 20.8 Å². The Morgan fingerprint density at radius 2 is 1.79 bits per heavy atom. The summed E-state index contributed by atoms with van der Waals surface area (Å²) >= 11 is 0. The normalized spacial score (nSPS) is 10.9. The van der Waals surface area contributed by atoms with Gasteiger partial charge in [0.1, 0.15) is 5.76 Å². The summed E-state index contributed by atoms with van der Waals surface area (Å²) in [7, 11) is 0. The molecule has 1 heterocycles. The van der Waals surface area contributed by atoms with Gasteiger partial charge < -0.3 is 9.73 Å². The molecule has 0 aliphatic carbocycles. The van der Waals surface area contributed by atoms with Gasteiger partial charge in [-0.25, -0.2) is 4.98 Å². The van der Waals surface area contributed by atoms with Gasteiger partial charge in [-0.3, -0.25) is 0 Å². The molecule has 2 rings (SSSR count). The summed E-state index contributed by atoms with van der Waals surface area (Å²) in [4.78, 5) is 4.24. The molecule has 0 spiro atoms. The Kier molecular flexibility index (Phi) is 4.38. The Morgan fingerprint density at radius 1 is 1.05 bits per heavy atom. The molecule has 0 unspecified atom stereocenters. The largest absolute Gasteiger partial charge is 0.444 e. The summed E-state index contributed by atoms with van der Waals surface area (Å²) < 4.78 is 5.57. The van der Waals surface area contributed by atoms with Gasteiger partial charge in [-0.2, -0.15) is 0 Å². The Morgan fingerprint density at radius 3 is 2.47 bits per heavy atom. The predicted octanol–water partition coefficient (Wildman–Crippen LogP) is 3.45. The van der Waals surface area contributed by atoms with Crippen molar-refractivity contribution in [2.45, 2.75) is 47.2 Å². The minimum Gasteiger partial charge on any atom is -0.444 e. The van der Waals surface area contributed by atoms with Crippen LogP contribution in [0.15, 0.2) is 22.7 Å². The second-order valence-electron chi connectivity index (χ2n) is 5.04. The lowest BCUT2D eigenvalue weighted by atomic mass is 10.0. The van der Waals surface area contributed by atoms with Gasteiger partial charge in [0.05, 0.1) is 12.7 Å². The van der Waals surface area contributed by atoms with Gasteiger partial charge in [0.25, 0.3) is 0 Å². The number of aryl methyl sites for hydroxylation is 4. The number of nitrogens with zero attached hydrogens (tertiary/aromatic N) is 1. The van der Waals surface area contributed by atoms with E-state index in [0.29, 0.717) is 6.54 Å². The van der Waals surface area contributed by atoms with E-state index >= 15 is 0 Å². The number of hydrogen-bond donors (Lipinski definition) is 1. The van der Waals surface area contributed by atoms with Crippen molar-refractivity contribution in [1.82, 2.24) is 10.3 Å². The van der Waals surface area contributed by atoms with Crippen LogP contribution in [0.4, 0.5) is 0 Å². The zero-order valence-electron chi connectivity index (χ0n) is 12.2. The van der Waals surface area contributed by atoms with Crippen LogP contribution < -0.4 is 5.32 Å². The van der Waals surface area contributed by atoms with Gasteiger partial charge in [0.2, 0.25) is 5.89 Å². The van der Waals surface area contributed by atoms with E-state index in [2.05, 4.69) is 50.1 Å². The zero-order valence-corrected chi connectivity index (χ0v) is 12.2. The van der Waals surface area contributed by atoms with Crippen LogP contribution in [-0.4, -0.2) is 4.98 Å². The number of aromatic nitrogens is 1. The lowest BCUT2D eigenvalue weighted by molar-refractivity contribution is 0.439. The molecule has 3 heteroatoms. The van der Waals surface area contributed by atoms with E-state index in [1.54, 1.807) is 6.20 Å². The number of rotatable bonds is 5. The first-order valence-corrected chi connectivity index (χ1v) is 6.81. The molecule has 0 saturated carbocycles. The standard InChI is InChI=1S/C16H22N2O/c1-5-15-9-18-16(19-15)10-17-8-14-7-12(3)11(2)6-13(14)4/h6-7,9,17H,5,8,10H2,1-4H3. The molecule has 19 heavy (non-hydrogen) atoms. The van der Waals surface area contributed by atoms with Crippen molar-refractivity contribution in [1.29, 1.82) is 0 Å². The van der Waals surface area contributed by atoms with Gasteiger partial charge in [0.15, 0.2) is 0 Å². The number of nitrogens with one attached hydrogen (secondary N) is 1. The molecule has 0 fully saturated rings. The van der Waals surface area contributed by atoms with E-state index in [-0.39, 0.29) is 0 Å². The van der Waals surface area contributed by atoms with Gasteiger partial charge in [-0.15, -0.1) is 0 Å². The molecule has 0 aliphatic heterocycles. The predicted molar refractivity (Wildman–Crippen MR) is 77.1 cm³/mol. The van der Waals surface area contributed by atoms with Crippen molar-refractivity contribution in [2.24, 2.45) is 0 Å². The van der Waals surface area contributed by atoms with E-state index in [1.165, 1.54) is 22.3 Å². The molecular weight excluding hydrogens is 236 g/mol. The van der Waals surface area contributed by atoms with Crippen molar-refractivity contribution in [2.75, 3.05) is 0 Å². The summed E-state index contributed by atoms with van der Waals surface area (Å²) in [6.07, 6.45) is 2.70. The van der Waals surface area contributed by atoms with E-state index < -0.39 is 0 Å². The Hall–Kier alpha value is -1.61. The van der Waals surface area contributed by atoms with Crippen LogP contribution in [-0.2, 0) is 19.5 Å². The van der Waals surface area contributed by atoms with Crippen LogP contribution in [0.1, 0.15) is 40.8 Å². The Balaban J connectivity index is 1.94. The third-order valence-electron chi connectivity index (χ3n) is 3.49. The fourth-order valence-electron chi connectivity index (χ4n) is 2.11. The molecule has 102 valence electrons. The third kappa shape index (κ3) is 3.44. The first kappa shape index (κ1) is 13.8. The summed E-state index contributed by atoms with van der Waals surface area (Å²) in [6.45, 7) is 10.0. The lowest BCUT2D eigenvalue weighted by Gasteiger charge is -2.10. The zero-order chi connectivity index (χ0) is 13.8. The van der Waals surface area contributed by atoms with Gasteiger partial charge >= 0.3 is 0 Å². The highest BCUT2D eigenvalue weighted by Crippen LogP contribution is 2.15. The maximum atomic E-state index is 5.57. The minimum atomic E-state index is 0.673. The molecule has 2 aromatic rings. The van der Waals surface area contributed by atoms with Crippen molar-refractivity contribution in [3.63, 3.8) is 0 Å². The molecule has 0 amide bonds. The minimum absolute atomic E-state index is 0.673. The average Bonchev–Trinajstić information content (AvgIpc) is 2.83. The molecule has 0 bridgehead atoms. The average molecular weight is 258 g/mol. The highest BCUT2D eigenvalue weighted by atomic mass is 16.4. The number of oxazole rings is 1. The molecular formula is C16H22N2O. The lowest BCUT2D eigenvalue weighted by Crippen LogP contribution is -2.14. The van der Waals surface area contributed by atoms with E-state index in [1.807, 2.05) is 0 Å². The van der Waals surface area contributed by atoms with Gasteiger partial charge in [-0.05, 0) is 43.0 Å². The van der Waals surface area contributed by atoms with Crippen LogP contribution in [0.25, 0.3) is 0 Å². The maximum Gasteiger partial charge on any atom is 0.208 e. The molecule has 1 aromatic carbocycles. The third-order valence-corrected chi connectivity index (χ3v) is 3.49. The quantitative estimate of drug-likeness (QED) is 0.892. The van der Waals surface area contributed by atoms with Crippen molar-refractivity contribution in [3.05, 3.63) is 52.2 Å². The SMILES string of the molecule is CCc1cnc(CNCc2cc(C)c(C)cc2C)o1. The van der Waals surface area contributed by atoms with Crippen molar-refractivity contribution in [3.8, 4) is 0 Å². The number of benzene rings is 1. The molecule has 0 aliphatic rings. The van der Waals surface area contributed by atoms with Crippen molar-refractivity contribution < 1.29 is 4.42 Å². The van der Waals surface area contributed by atoms with Crippen LogP contribution in [0.5, 0.6) is 0 Å². The first-order valence-electron chi connectivity index (χ1n) is 6.81. The second kappa shape index (κ2) is 6.02. The first-order chi connectivity index (χ1) is 9.10. The van der Waals surface area contributed by atoms with E-state index in [9.17, 15) is 0 Å². The van der Waals surface area contributed by atoms with Crippen LogP contribution >= 0.6 is 0 Å². The summed E-state index contributed by atoms with van der Waals surface area (Å²) in [5.41, 5.74) is 5.36. The van der Waals surface area contributed by atoms with E-state index in [0.717, 1.165) is 24.6 Å². The van der Waals surface area contributed by atoms with E-state index in [4.69, 9.17) is 4.42 Å². The fraction of sp³-hybridized carbons (Fsp3) is 0.438. The smallest absolute Gasteiger partial charge is 0.208 e. The Bertz CT molecular complexity index is 558. The molecule has 1 N–H and O–H groups in total. The topological polar surface area (TPSA) is 38.1 Å².